The molecule has 1 aromatic heterocycles. The summed E-state index contributed by atoms with van der Waals surface area (Å²) in [6.45, 7) is 0. The summed E-state index contributed by atoms with van der Waals surface area (Å²) in [6, 6.07) is 13.4. The van der Waals surface area contributed by atoms with Crippen LogP contribution in [0.5, 0.6) is 0 Å². The number of benzene rings is 2. The second-order valence-corrected chi connectivity index (χ2v) is 7.18. The molecular formula is C17H12ClFN2OS2. The average Bonchev–Trinajstić information content (AvgIpc) is 3.03. The molecule has 0 radical (unpaired) electrons. The van der Waals surface area contributed by atoms with Crippen molar-refractivity contribution in [3.63, 3.8) is 0 Å². The fraction of sp³-hybridized carbons (Fsp3) is 0.0588. The molecule has 122 valence electrons. The lowest BCUT2D eigenvalue weighted by Gasteiger charge is -2.02. The number of rotatable bonds is 5. The molecule has 0 aliphatic rings. The Morgan fingerprint density at radius 3 is 2.58 bits per heavy atom. The number of halogens is 2. The van der Waals surface area contributed by atoms with Gasteiger partial charge in [-0.2, -0.15) is 0 Å². The van der Waals surface area contributed by atoms with Crippen molar-refractivity contribution in [1.82, 2.24) is 4.98 Å². The zero-order valence-corrected chi connectivity index (χ0v) is 14.7. The van der Waals surface area contributed by atoms with E-state index in [0.29, 0.717) is 15.8 Å². The van der Waals surface area contributed by atoms with E-state index in [9.17, 15) is 9.18 Å². The van der Waals surface area contributed by atoms with Gasteiger partial charge in [0.05, 0.1) is 11.4 Å². The lowest BCUT2D eigenvalue weighted by atomic mass is 10.2. The van der Waals surface area contributed by atoms with Crippen molar-refractivity contribution in [3.05, 3.63) is 64.8 Å². The third-order valence-corrected chi connectivity index (χ3v) is 5.10. The highest BCUT2D eigenvalue weighted by molar-refractivity contribution is 8.00. The molecule has 0 saturated carbocycles. The summed E-state index contributed by atoms with van der Waals surface area (Å²) < 4.78 is 12.9. The van der Waals surface area contributed by atoms with E-state index in [1.165, 1.54) is 35.2 Å². The van der Waals surface area contributed by atoms with Crippen LogP contribution in [0.3, 0.4) is 0 Å². The summed E-state index contributed by atoms with van der Waals surface area (Å²) in [4.78, 5) is 17.3. The highest BCUT2D eigenvalue weighted by Crippen LogP contribution is 2.26. The molecule has 1 heterocycles. The molecule has 0 saturated heterocycles. The Bertz CT molecular complexity index is 835. The zero-order chi connectivity index (χ0) is 16.9. The monoisotopic (exact) mass is 378 g/mol. The Morgan fingerprint density at radius 2 is 1.88 bits per heavy atom. The molecule has 7 heteroatoms. The first kappa shape index (κ1) is 17.0. The third kappa shape index (κ3) is 4.56. The number of anilines is 1. The first-order chi connectivity index (χ1) is 11.6. The van der Waals surface area contributed by atoms with Gasteiger partial charge in [0.25, 0.3) is 0 Å². The second-order valence-electron chi connectivity index (χ2n) is 4.84. The number of nitrogens with one attached hydrogen (secondary N) is 1. The zero-order valence-electron chi connectivity index (χ0n) is 12.3. The fourth-order valence-corrected chi connectivity index (χ4v) is 3.48. The van der Waals surface area contributed by atoms with Crippen molar-refractivity contribution >= 4 is 45.7 Å². The van der Waals surface area contributed by atoms with Crippen LogP contribution in [-0.2, 0) is 4.79 Å². The lowest BCUT2D eigenvalue weighted by molar-refractivity contribution is -0.113. The van der Waals surface area contributed by atoms with E-state index in [2.05, 4.69) is 10.3 Å². The first-order valence-corrected chi connectivity index (χ1v) is 9.24. The number of hydrogen-bond acceptors (Lipinski definition) is 4. The van der Waals surface area contributed by atoms with Crippen molar-refractivity contribution in [2.45, 2.75) is 4.90 Å². The van der Waals surface area contributed by atoms with Crippen LogP contribution in [0.4, 0.5) is 9.52 Å². The summed E-state index contributed by atoms with van der Waals surface area (Å²) >= 11 is 8.59. The van der Waals surface area contributed by atoms with Crippen molar-refractivity contribution in [3.8, 4) is 11.3 Å². The number of nitrogens with zero attached hydrogens (tertiary/aromatic N) is 1. The molecule has 3 aromatic rings. The van der Waals surface area contributed by atoms with Crippen LogP contribution < -0.4 is 5.32 Å². The van der Waals surface area contributed by atoms with Crippen LogP contribution in [0.1, 0.15) is 0 Å². The summed E-state index contributed by atoms with van der Waals surface area (Å²) in [5.74, 6) is -0.135. The SMILES string of the molecule is O=C(CSc1ccc(Cl)cc1)Nc1nc(-c2ccc(F)cc2)cs1. The molecule has 0 unspecified atom stereocenters. The van der Waals surface area contributed by atoms with E-state index < -0.39 is 0 Å². The number of thiazole rings is 1. The molecule has 2 aromatic carbocycles. The number of thioether (sulfide) groups is 1. The average molecular weight is 379 g/mol. The molecule has 0 aliphatic carbocycles. The van der Waals surface area contributed by atoms with Gasteiger partial charge in [-0.15, -0.1) is 23.1 Å². The van der Waals surface area contributed by atoms with Crippen molar-refractivity contribution in [1.29, 1.82) is 0 Å². The maximum Gasteiger partial charge on any atom is 0.236 e. The quantitative estimate of drug-likeness (QED) is 0.610. The molecule has 0 fully saturated rings. The smallest absolute Gasteiger partial charge is 0.236 e. The van der Waals surface area contributed by atoms with Gasteiger partial charge in [-0.1, -0.05) is 11.6 Å². The number of carbonyl (C=O) groups excluding carboxylic acids is 1. The maximum absolute atomic E-state index is 12.9. The summed E-state index contributed by atoms with van der Waals surface area (Å²) in [5, 5.41) is 5.79. The van der Waals surface area contributed by atoms with Crippen molar-refractivity contribution < 1.29 is 9.18 Å². The summed E-state index contributed by atoms with van der Waals surface area (Å²) in [6.07, 6.45) is 0. The van der Waals surface area contributed by atoms with Gasteiger partial charge in [-0.3, -0.25) is 4.79 Å². The topological polar surface area (TPSA) is 42.0 Å². The Balaban J connectivity index is 1.57. The molecule has 3 nitrogen and oxygen atoms in total. The van der Waals surface area contributed by atoms with Gasteiger partial charge in [0.2, 0.25) is 5.91 Å². The van der Waals surface area contributed by atoms with Crippen LogP contribution in [0.25, 0.3) is 11.3 Å². The van der Waals surface area contributed by atoms with Gasteiger partial charge < -0.3 is 5.32 Å². The van der Waals surface area contributed by atoms with Crippen molar-refractivity contribution in [2.24, 2.45) is 0 Å². The largest absolute Gasteiger partial charge is 0.301 e. The van der Waals surface area contributed by atoms with Crippen LogP contribution in [0.15, 0.2) is 58.8 Å². The Hall–Kier alpha value is -1.89. The van der Waals surface area contributed by atoms with Gasteiger partial charge in [0.1, 0.15) is 5.82 Å². The van der Waals surface area contributed by atoms with Gasteiger partial charge in [-0.25, -0.2) is 9.37 Å². The van der Waals surface area contributed by atoms with Gasteiger partial charge in [-0.05, 0) is 48.5 Å². The van der Waals surface area contributed by atoms with Gasteiger partial charge in [0.15, 0.2) is 5.13 Å². The normalized spacial score (nSPS) is 10.6. The van der Waals surface area contributed by atoms with Crippen LogP contribution in [-0.4, -0.2) is 16.6 Å². The predicted molar refractivity (Wildman–Crippen MR) is 98.3 cm³/mol. The van der Waals surface area contributed by atoms with Gasteiger partial charge in [0, 0.05) is 20.9 Å². The molecule has 0 spiro atoms. The highest BCUT2D eigenvalue weighted by atomic mass is 35.5. The van der Waals surface area contributed by atoms with E-state index in [1.807, 2.05) is 17.5 Å². The minimum absolute atomic E-state index is 0.130. The van der Waals surface area contributed by atoms with E-state index in [4.69, 9.17) is 11.6 Å². The molecule has 0 aliphatic heterocycles. The standard InChI is InChI=1S/C17H12ClFN2OS2/c18-12-3-7-14(8-4-12)23-10-16(22)21-17-20-15(9-24-17)11-1-5-13(19)6-2-11/h1-9H,10H2,(H,20,21,22). The summed E-state index contributed by atoms with van der Waals surface area (Å²) in [5.41, 5.74) is 1.52. The van der Waals surface area contributed by atoms with Crippen LogP contribution in [0.2, 0.25) is 5.02 Å². The Kier molecular flexibility index (Phi) is 5.50. The number of aromatic nitrogens is 1. The summed E-state index contributed by atoms with van der Waals surface area (Å²) in [7, 11) is 0. The van der Waals surface area contributed by atoms with E-state index in [-0.39, 0.29) is 17.5 Å². The van der Waals surface area contributed by atoms with Crippen LogP contribution >= 0.6 is 34.7 Å². The molecule has 3 rings (SSSR count). The fourth-order valence-electron chi connectivity index (χ4n) is 1.92. The maximum atomic E-state index is 12.9. The molecule has 0 bridgehead atoms. The molecule has 1 amide bonds. The first-order valence-electron chi connectivity index (χ1n) is 7.00. The third-order valence-electron chi connectivity index (χ3n) is 3.07. The Labute approximate surface area is 151 Å². The minimum atomic E-state index is -0.290. The number of hydrogen-bond donors (Lipinski definition) is 1. The highest BCUT2D eigenvalue weighted by Gasteiger charge is 2.09. The number of amides is 1. The minimum Gasteiger partial charge on any atom is -0.301 e. The van der Waals surface area contributed by atoms with E-state index >= 15 is 0 Å². The van der Waals surface area contributed by atoms with E-state index in [1.54, 1.807) is 24.3 Å². The second kappa shape index (κ2) is 7.79. The Morgan fingerprint density at radius 1 is 1.17 bits per heavy atom. The number of carbonyl (C=O) groups is 1. The molecule has 0 atom stereocenters. The van der Waals surface area contributed by atoms with Crippen LogP contribution in [0, 0.1) is 5.82 Å². The molecular weight excluding hydrogens is 367 g/mol. The van der Waals surface area contributed by atoms with Gasteiger partial charge >= 0.3 is 0 Å². The molecule has 24 heavy (non-hydrogen) atoms. The van der Waals surface area contributed by atoms with Crippen molar-refractivity contribution in [2.75, 3.05) is 11.1 Å². The van der Waals surface area contributed by atoms with E-state index in [0.717, 1.165) is 10.5 Å². The predicted octanol–water partition coefficient (Wildman–Crippen LogP) is 5.33. The molecule has 1 N–H and O–H groups in total. The lowest BCUT2D eigenvalue weighted by Crippen LogP contribution is -2.13.